The lowest BCUT2D eigenvalue weighted by atomic mass is 10.1. The van der Waals surface area contributed by atoms with Crippen LogP contribution in [0.15, 0.2) is 47.0 Å². The Morgan fingerprint density at radius 1 is 1.10 bits per heavy atom. The van der Waals surface area contributed by atoms with Gasteiger partial charge in [0.05, 0.1) is 11.1 Å². The third-order valence-corrected chi connectivity index (χ3v) is 4.39. The van der Waals surface area contributed by atoms with E-state index in [4.69, 9.17) is 9.26 Å². The second-order valence-corrected chi connectivity index (χ2v) is 6.65. The molecule has 3 rings (SSSR count). The summed E-state index contributed by atoms with van der Waals surface area (Å²) in [6.07, 6.45) is -4.44. The molecule has 3 aromatic rings. The Bertz CT molecular complexity index is 1020. The second kappa shape index (κ2) is 7.98. The standard InChI is InChI=1S/C21H19F3N2O3/c1-12-4-5-13(2)18(10-12)28-11-17-14(3)29-26-19(17)20(27)25-16-8-6-15(7-9-16)21(22,23)24/h4-10H,11H2,1-3H3,(H,25,27). The normalized spacial score (nSPS) is 11.4. The fourth-order valence-electron chi connectivity index (χ4n) is 2.69. The summed E-state index contributed by atoms with van der Waals surface area (Å²) >= 11 is 0. The first-order chi connectivity index (χ1) is 13.6. The van der Waals surface area contributed by atoms with E-state index >= 15 is 0 Å². The van der Waals surface area contributed by atoms with Gasteiger partial charge >= 0.3 is 6.18 Å². The SMILES string of the molecule is Cc1ccc(C)c(OCc2c(C(=O)Nc3ccc(C(F)(F)F)cc3)noc2C)c1. The van der Waals surface area contributed by atoms with Crippen molar-refractivity contribution in [1.29, 1.82) is 0 Å². The molecule has 1 heterocycles. The second-order valence-electron chi connectivity index (χ2n) is 6.65. The molecule has 0 bridgehead atoms. The maximum Gasteiger partial charge on any atom is 0.416 e. The van der Waals surface area contributed by atoms with Gasteiger partial charge in [-0.25, -0.2) is 0 Å². The molecule has 0 saturated heterocycles. The largest absolute Gasteiger partial charge is 0.488 e. The van der Waals surface area contributed by atoms with Crippen molar-refractivity contribution in [3.8, 4) is 5.75 Å². The first-order valence-corrected chi connectivity index (χ1v) is 8.79. The van der Waals surface area contributed by atoms with Crippen LogP contribution < -0.4 is 10.1 Å². The third-order valence-electron chi connectivity index (χ3n) is 4.39. The molecule has 29 heavy (non-hydrogen) atoms. The lowest BCUT2D eigenvalue weighted by molar-refractivity contribution is -0.137. The van der Waals surface area contributed by atoms with Gasteiger partial charge in [0.25, 0.3) is 5.91 Å². The van der Waals surface area contributed by atoms with Crippen molar-refractivity contribution in [3.05, 3.63) is 76.2 Å². The zero-order chi connectivity index (χ0) is 21.2. The Morgan fingerprint density at radius 2 is 1.79 bits per heavy atom. The van der Waals surface area contributed by atoms with Gasteiger partial charge in [0, 0.05) is 5.69 Å². The van der Waals surface area contributed by atoms with Crippen LogP contribution in [0.5, 0.6) is 5.75 Å². The van der Waals surface area contributed by atoms with Gasteiger partial charge in [-0.2, -0.15) is 13.2 Å². The number of rotatable bonds is 5. The van der Waals surface area contributed by atoms with E-state index < -0.39 is 17.6 Å². The third kappa shape index (κ3) is 4.77. The van der Waals surface area contributed by atoms with E-state index in [-0.39, 0.29) is 18.0 Å². The summed E-state index contributed by atoms with van der Waals surface area (Å²) in [5.74, 6) is 0.508. The van der Waals surface area contributed by atoms with Crippen LogP contribution in [-0.2, 0) is 12.8 Å². The number of hydrogen-bond acceptors (Lipinski definition) is 4. The van der Waals surface area contributed by atoms with Crippen molar-refractivity contribution in [2.75, 3.05) is 5.32 Å². The molecule has 0 aliphatic carbocycles. The maximum absolute atomic E-state index is 12.7. The van der Waals surface area contributed by atoms with Crippen LogP contribution in [0.3, 0.4) is 0 Å². The topological polar surface area (TPSA) is 64.4 Å². The van der Waals surface area contributed by atoms with Crippen molar-refractivity contribution in [2.24, 2.45) is 0 Å². The van der Waals surface area contributed by atoms with Gasteiger partial charge in [-0.1, -0.05) is 17.3 Å². The number of aromatic nitrogens is 1. The van der Waals surface area contributed by atoms with Crippen LogP contribution in [0.4, 0.5) is 18.9 Å². The van der Waals surface area contributed by atoms with Crippen LogP contribution >= 0.6 is 0 Å². The number of hydrogen-bond donors (Lipinski definition) is 1. The summed E-state index contributed by atoms with van der Waals surface area (Å²) in [6, 6.07) is 9.95. The minimum Gasteiger partial charge on any atom is -0.488 e. The van der Waals surface area contributed by atoms with Gasteiger partial charge < -0.3 is 14.6 Å². The maximum atomic E-state index is 12.7. The highest BCUT2D eigenvalue weighted by atomic mass is 19.4. The smallest absolute Gasteiger partial charge is 0.416 e. The lowest BCUT2D eigenvalue weighted by Crippen LogP contribution is -2.15. The molecular weight excluding hydrogens is 385 g/mol. The van der Waals surface area contributed by atoms with E-state index in [1.807, 2.05) is 32.0 Å². The molecule has 152 valence electrons. The van der Waals surface area contributed by atoms with Crippen molar-refractivity contribution in [3.63, 3.8) is 0 Å². The highest BCUT2D eigenvalue weighted by molar-refractivity contribution is 6.03. The Kier molecular flexibility index (Phi) is 5.63. The minimum absolute atomic E-state index is 0.0210. The van der Waals surface area contributed by atoms with Crippen LogP contribution in [0.25, 0.3) is 0 Å². The summed E-state index contributed by atoms with van der Waals surface area (Å²) < 4.78 is 48.9. The molecule has 0 atom stereocenters. The van der Waals surface area contributed by atoms with Gasteiger partial charge in [0.1, 0.15) is 18.1 Å². The zero-order valence-corrected chi connectivity index (χ0v) is 16.1. The quantitative estimate of drug-likeness (QED) is 0.614. The van der Waals surface area contributed by atoms with Gasteiger partial charge in [0.15, 0.2) is 5.69 Å². The molecule has 0 unspecified atom stereocenters. The van der Waals surface area contributed by atoms with E-state index in [0.29, 0.717) is 17.1 Å². The predicted octanol–water partition coefficient (Wildman–Crippen LogP) is 5.45. The van der Waals surface area contributed by atoms with Gasteiger partial charge in [0.2, 0.25) is 0 Å². The highest BCUT2D eigenvalue weighted by Crippen LogP contribution is 2.30. The highest BCUT2D eigenvalue weighted by Gasteiger charge is 2.30. The van der Waals surface area contributed by atoms with Crippen molar-refractivity contribution >= 4 is 11.6 Å². The number of halogens is 3. The van der Waals surface area contributed by atoms with Gasteiger partial charge in [-0.3, -0.25) is 4.79 Å². The number of ether oxygens (including phenoxy) is 1. The fraction of sp³-hybridized carbons (Fsp3) is 0.238. The Balaban J connectivity index is 1.74. The Morgan fingerprint density at radius 3 is 2.45 bits per heavy atom. The molecule has 0 aliphatic heterocycles. The number of alkyl halides is 3. The summed E-state index contributed by atoms with van der Waals surface area (Å²) in [4.78, 5) is 12.6. The van der Waals surface area contributed by atoms with E-state index in [2.05, 4.69) is 10.5 Å². The summed E-state index contributed by atoms with van der Waals surface area (Å²) in [7, 11) is 0. The van der Waals surface area contributed by atoms with E-state index in [9.17, 15) is 18.0 Å². The monoisotopic (exact) mass is 404 g/mol. The van der Waals surface area contributed by atoms with Crippen LogP contribution in [-0.4, -0.2) is 11.1 Å². The van der Waals surface area contributed by atoms with Crippen LogP contribution in [0.2, 0.25) is 0 Å². The number of nitrogens with one attached hydrogen (secondary N) is 1. The molecule has 1 aromatic heterocycles. The Hall–Kier alpha value is -3.29. The molecule has 0 fully saturated rings. The van der Waals surface area contributed by atoms with E-state index in [1.54, 1.807) is 6.92 Å². The summed E-state index contributed by atoms with van der Waals surface area (Å²) in [6.45, 7) is 5.58. The Labute approximate surface area is 165 Å². The van der Waals surface area contributed by atoms with Gasteiger partial charge in [-0.15, -0.1) is 0 Å². The van der Waals surface area contributed by atoms with Crippen molar-refractivity contribution in [2.45, 2.75) is 33.6 Å². The summed E-state index contributed by atoms with van der Waals surface area (Å²) in [5.41, 5.74) is 1.89. The van der Waals surface area contributed by atoms with E-state index in [1.165, 1.54) is 12.1 Å². The number of benzene rings is 2. The molecule has 0 radical (unpaired) electrons. The first-order valence-electron chi connectivity index (χ1n) is 8.79. The molecule has 0 aliphatic rings. The number of amides is 1. The van der Waals surface area contributed by atoms with Gasteiger partial charge in [-0.05, 0) is 62.2 Å². The molecule has 1 N–H and O–H groups in total. The molecule has 0 spiro atoms. The van der Waals surface area contributed by atoms with Crippen LogP contribution in [0.1, 0.15) is 38.5 Å². The van der Waals surface area contributed by atoms with Crippen molar-refractivity contribution < 1.29 is 27.2 Å². The molecule has 0 saturated carbocycles. The average molecular weight is 404 g/mol. The molecule has 8 heteroatoms. The number of carbonyl (C=O) groups excluding carboxylic acids is 1. The first kappa shape index (κ1) is 20.4. The lowest BCUT2D eigenvalue weighted by Gasteiger charge is -2.11. The number of anilines is 1. The minimum atomic E-state index is -4.44. The van der Waals surface area contributed by atoms with Crippen molar-refractivity contribution in [1.82, 2.24) is 5.16 Å². The number of aryl methyl sites for hydroxylation is 3. The van der Waals surface area contributed by atoms with E-state index in [0.717, 1.165) is 23.3 Å². The molecule has 1 amide bonds. The predicted molar refractivity (Wildman–Crippen MR) is 101 cm³/mol. The van der Waals surface area contributed by atoms with Crippen LogP contribution in [0, 0.1) is 20.8 Å². The number of carbonyl (C=O) groups is 1. The zero-order valence-electron chi connectivity index (χ0n) is 16.1. The molecule has 2 aromatic carbocycles. The average Bonchev–Trinajstić information content (AvgIpc) is 3.03. The molecule has 5 nitrogen and oxygen atoms in total. The number of nitrogens with zero attached hydrogens (tertiary/aromatic N) is 1. The molecular formula is C21H19F3N2O3. The summed E-state index contributed by atoms with van der Waals surface area (Å²) in [5, 5.41) is 6.30. The fourth-order valence-corrected chi connectivity index (χ4v) is 2.69.